The highest BCUT2D eigenvalue weighted by Crippen LogP contribution is 2.26. The molecule has 1 heterocycles. The minimum Gasteiger partial charge on any atom is -0.462 e. The van der Waals surface area contributed by atoms with Crippen LogP contribution in [0.5, 0.6) is 0 Å². The Labute approximate surface area is 129 Å². The molecule has 0 aliphatic carbocycles. The smallest absolute Gasteiger partial charge is 0.338 e. The maximum absolute atomic E-state index is 11.7. The van der Waals surface area contributed by atoms with Gasteiger partial charge in [0.2, 0.25) is 0 Å². The van der Waals surface area contributed by atoms with E-state index in [0.29, 0.717) is 12.2 Å². The molecule has 4 nitrogen and oxygen atoms in total. The molecular weight excluding hydrogens is 276 g/mol. The number of benzene rings is 2. The lowest BCUT2D eigenvalue weighted by molar-refractivity contribution is 0.0526. The van der Waals surface area contributed by atoms with Crippen molar-refractivity contribution in [3.63, 3.8) is 0 Å². The second-order valence-electron chi connectivity index (χ2n) is 4.77. The fourth-order valence-corrected chi connectivity index (χ4v) is 2.33. The molecule has 0 bridgehead atoms. The van der Waals surface area contributed by atoms with Crippen LogP contribution in [0.2, 0.25) is 0 Å². The van der Waals surface area contributed by atoms with Crippen molar-refractivity contribution < 1.29 is 9.53 Å². The first-order valence-electron chi connectivity index (χ1n) is 7.16. The fraction of sp³-hybridized carbons (Fsp3) is 0.111. The van der Waals surface area contributed by atoms with E-state index in [0.717, 1.165) is 16.8 Å². The molecule has 0 atom stereocenters. The molecule has 0 saturated heterocycles. The predicted octanol–water partition coefficient (Wildman–Crippen LogP) is 3.72. The van der Waals surface area contributed by atoms with Crippen molar-refractivity contribution in [2.45, 2.75) is 6.92 Å². The second-order valence-corrected chi connectivity index (χ2v) is 4.77. The van der Waals surface area contributed by atoms with Crippen LogP contribution in [0.1, 0.15) is 17.3 Å². The van der Waals surface area contributed by atoms with Crippen LogP contribution in [-0.4, -0.2) is 22.4 Å². The van der Waals surface area contributed by atoms with Crippen molar-refractivity contribution in [3.8, 4) is 16.8 Å². The van der Waals surface area contributed by atoms with Crippen LogP contribution >= 0.6 is 0 Å². The van der Waals surface area contributed by atoms with Gasteiger partial charge in [0.05, 0.1) is 17.9 Å². The van der Waals surface area contributed by atoms with Crippen LogP contribution in [-0.2, 0) is 4.74 Å². The number of carbonyl (C=O) groups excluding carboxylic acids is 1. The Morgan fingerprint density at radius 1 is 1.09 bits per heavy atom. The van der Waals surface area contributed by atoms with Crippen molar-refractivity contribution in [1.82, 2.24) is 9.78 Å². The Morgan fingerprint density at radius 2 is 1.86 bits per heavy atom. The Bertz CT molecular complexity index is 762. The average molecular weight is 292 g/mol. The predicted molar refractivity (Wildman–Crippen MR) is 85.0 cm³/mol. The number of para-hydroxylation sites is 1. The highest BCUT2D eigenvalue weighted by Gasteiger charge is 2.09. The van der Waals surface area contributed by atoms with E-state index >= 15 is 0 Å². The van der Waals surface area contributed by atoms with E-state index in [1.165, 1.54) is 0 Å². The first kappa shape index (κ1) is 14.1. The van der Waals surface area contributed by atoms with Gasteiger partial charge in [0.1, 0.15) is 0 Å². The molecule has 3 rings (SSSR count). The average Bonchev–Trinajstić information content (AvgIpc) is 3.10. The summed E-state index contributed by atoms with van der Waals surface area (Å²) in [5, 5.41) is 4.29. The monoisotopic (exact) mass is 292 g/mol. The van der Waals surface area contributed by atoms with Crippen molar-refractivity contribution in [1.29, 1.82) is 0 Å². The zero-order valence-corrected chi connectivity index (χ0v) is 12.3. The molecule has 0 N–H and O–H groups in total. The third-order valence-electron chi connectivity index (χ3n) is 3.36. The molecule has 0 aliphatic rings. The van der Waals surface area contributed by atoms with Crippen molar-refractivity contribution >= 4 is 5.97 Å². The standard InChI is InChI=1S/C18H16N2O2/c1-2-22-18(21)15-10-8-14(9-11-15)16-6-3-4-7-17(16)20-13-5-12-19-20/h3-13H,2H2,1H3. The molecule has 0 radical (unpaired) electrons. The fourth-order valence-electron chi connectivity index (χ4n) is 2.33. The summed E-state index contributed by atoms with van der Waals surface area (Å²) in [5.41, 5.74) is 3.64. The summed E-state index contributed by atoms with van der Waals surface area (Å²) in [7, 11) is 0. The van der Waals surface area contributed by atoms with Gasteiger partial charge in [-0.05, 0) is 36.8 Å². The third kappa shape index (κ3) is 2.76. The van der Waals surface area contributed by atoms with Crippen LogP contribution in [0.15, 0.2) is 67.0 Å². The van der Waals surface area contributed by atoms with E-state index in [-0.39, 0.29) is 5.97 Å². The molecule has 0 aliphatic heterocycles. The zero-order chi connectivity index (χ0) is 15.4. The molecule has 0 amide bonds. The number of hydrogen-bond acceptors (Lipinski definition) is 3. The summed E-state index contributed by atoms with van der Waals surface area (Å²) >= 11 is 0. The minimum atomic E-state index is -0.297. The van der Waals surface area contributed by atoms with E-state index in [1.807, 2.05) is 53.3 Å². The van der Waals surface area contributed by atoms with Gasteiger partial charge < -0.3 is 4.74 Å². The molecule has 3 aromatic rings. The molecule has 4 heteroatoms. The quantitative estimate of drug-likeness (QED) is 0.688. The molecule has 1 aromatic heterocycles. The van der Waals surface area contributed by atoms with E-state index in [2.05, 4.69) is 5.10 Å². The van der Waals surface area contributed by atoms with Crippen LogP contribution in [0.3, 0.4) is 0 Å². The molecule has 22 heavy (non-hydrogen) atoms. The third-order valence-corrected chi connectivity index (χ3v) is 3.36. The van der Waals surface area contributed by atoms with Gasteiger partial charge in [-0.15, -0.1) is 0 Å². The van der Waals surface area contributed by atoms with Gasteiger partial charge in [-0.25, -0.2) is 9.48 Å². The summed E-state index contributed by atoms with van der Waals surface area (Å²) in [4.78, 5) is 11.7. The lowest BCUT2D eigenvalue weighted by Gasteiger charge is -2.10. The van der Waals surface area contributed by atoms with Crippen LogP contribution < -0.4 is 0 Å². The number of esters is 1. The molecule has 2 aromatic carbocycles. The number of carbonyl (C=O) groups is 1. The number of nitrogens with zero attached hydrogens (tertiary/aromatic N) is 2. The lowest BCUT2D eigenvalue weighted by Crippen LogP contribution is -2.04. The number of rotatable bonds is 4. The summed E-state index contributed by atoms with van der Waals surface area (Å²) in [6, 6.07) is 17.3. The minimum absolute atomic E-state index is 0.297. The highest BCUT2D eigenvalue weighted by atomic mass is 16.5. The van der Waals surface area contributed by atoms with E-state index in [9.17, 15) is 4.79 Å². The van der Waals surface area contributed by atoms with E-state index in [4.69, 9.17) is 4.74 Å². The Kier molecular flexibility index (Phi) is 4.01. The van der Waals surface area contributed by atoms with Crippen LogP contribution in [0, 0.1) is 0 Å². The van der Waals surface area contributed by atoms with E-state index < -0.39 is 0 Å². The maximum Gasteiger partial charge on any atom is 0.338 e. The molecule has 0 fully saturated rings. The summed E-state index contributed by atoms with van der Waals surface area (Å²) < 4.78 is 6.83. The van der Waals surface area contributed by atoms with Gasteiger partial charge in [0.15, 0.2) is 0 Å². The Hall–Kier alpha value is -2.88. The Morgan fingerprint density at radius 3 is 2.55 bits per heavy atom. The normalized spacial score (nSPS) is 10.4. The Balaban J connectivity index is 1.97. The van der Waals surface area contributed by atoms with E-state index in [1.54, 1.807) is 25.3 Å². The first-order chi connectivity index (χ1) is 10.8. The van der Waals surface area contributed by atoms with Gasteiger partial charge in [-0.3, -0.25) is 0 Å². The maximum atomic E-state index is 11.7. The molecule has 0 unspecified atom stereocenters. The van der Waals surface area contributed by atoms with Crippen LogP contribution in [0.25, 0.3) is 16.8 Å². The lowest BCUT2D eigenvalue weighted by atomic mass is 10.0. The van der Waals surface area contributed by atoms with Crippen LogP contribution in [0.4, 0.5) is 0 Å². The van der Waals surface area contributed by atoms with Crippen molar-refractivity contribution in [3.05, 3.63) is 72.6 Å². The molecule has 0 spiro atoms. The second kappa shape index (κ2) is 6.26. The topological polar surface area (TPSA) is 44.1 Å². The molecular formula is C18H16N2O2. The zero-order valence-electron chi connectivity index (χ0n) is 12.3. The largest absolute Gasteiger partial charge is 0.462 e. The first-order valence-corrected chi connectivity index (χ1v) is 7.16. The summed E-state index contributed by atoms with van der Waals surface area (Å²) in [6.07, 6.45) is 3.66. The number of aromatic nitrogens is 2. The van der Waals surface area contributed by atoms with Crippen molar-refractivity contribution in [2.75, 3.05) is 6.61 Å². The van der Waals surface area contributed by atoms with Gasteiger partial charge in [-0.1, -0.05) is 30.3 Å². The number of ether oxygens (including phenoxy) is 1. The summed E-state index contributed by atoms with van der Waals surface area (Å²) in [5.74, 6) is -0.297. The summed E-state index contributed by atoms with van der Waals surface area (Å²) in [6.45, 7) is 2.18. The van der Waals surface area contributed by atoms with Gasteiger partial charge >= 0.3 is 5.97 Å². The van der Waals surface area contributed by atoms with Crippen molar-refractivity contribution in [2.24, 2.45) is 0 Å². The SMILES string of the molecule is CCOC(=O)c1ccc(-c2ccccc2-n2cccn2)cc1. The highest BCUT2D eigenvalue weighted by molar-refractivity contribution is 5.90. The molecule has 0 saturated carbocycles. The van der Waals surface area contributed by atoms with Gasteiger partial charge in [0.25, 0.3) is 0 Å². The van der Waals surface area contributed by atoms with Gasteiger partial charge in [-0.2, -0.15) is 5.10 Å². The molecule has 110 valence electrons. The number of hydrogen-bond donors (Lipinski definition) is 0. The van der Waals surface area contributed by atoms with Gasteiger partial charge in [0, 0.05) is 18.0 Å².